The van der Waals surface area contributed by atoms with Gasteiger partial charge in [-0.05, 0) is 31.4 Å². The maximum absolute atomic E-state index is 11.5. The average Bonchev–Trinajstić information content (AvgIpc) is 2.42. The van der Waals surface area contributed by atoms with Crippen LogP contribution in [0.25, 0.3) is 0 Å². The van der Waals surface area contributed by atoms with E-state index >= 15 is 0 Å². The summed E-state index contributed by atoms with van der Waals surface area (Å²) in [5, 5.41) is 9.12. The highest BCUT2D eigenvalue weighted by atomic mass is 16.4. The number of carboxylic acid groups (broad SMARTS) is 1. The van der Waals surface area contributed by atoms with Crippen molar-refractivity contribution in [1.29, 1.82) is 0 Å². The molecule has 1 aromatic carbocycles. The van der Waals surface area contributed by atoms with Crippen LogP contribution >= 0.6 is 0 Å². The molecule has 0 aliphatic heterocycles. The van der Waals surface area contributed by atoms with Gasteiger partial charge in [0, 0.05) is 24.3 Å². The van der Waals surface area contributed by atoms with Crippen LogP contribution in [0.1, 0.15) is 44.5 Å². The topological polar surface area (TPSA) is 57.6 Å². The Morgan fingerprint density at radius 1 is 1.24 bits per heavy atom. The van der Waals surface area contributed by atoms with Crippen molar-refractivity contribution in [3.63, 3.8) is 0 Å². The Morgan fingerprint density at radius 2 is 1.90 bits per heavy atom. The third-order valence-electron chi connectivity index (χ3n) is 3.51. The number of carbonyl (C=O) groups excluding carboxylic acids is 1. The van der Waals surface area contributed by atoms with Crippen molar-refractivity contribution >= 4 is 17.4 Å². The fraction of sp³-hybridized carbons (Fsp3) is 0.529. The van der Waals surface area contributed by atoms with Gasteiger partial charge in [-0.2, -0.15) is 0 Å². The highest BCUT2D eigenvalue weighted by molar-refractivity contribution is 5.95. The fourth-order valence-corrected chi connectivity index (χ4v) is 2.07. The summed E-state index contributed by atoms with van der Waals surface area (Å²) in [6, 6.07) is 7.41. The Kier molecular flexibility index (Phi) is 6.40. The van der Waals surface area contributed by atoms with Gasteiger partial charge in [-0.1, -0.05) is 32.9 Å². The maximum Gasteiger partial charge on any atom is 0.308 e. The second-order valence-corrected chi connectivity index (χ2v) is 5.97. The van der Waals surface area contributed by atoms with Crippen molar-refractivity contribution < 1.29 is 14.7 Å². The number of carbonyl (C=O) groups is 2. The molecule has 4 heteroatoms. The molecular weight excluding hydrogens is 266 g/mol. The lowest BCUT2D eigenvalue weighted by Crippen LogP contribution is -2.33. The molecule has 1 N–H and O–H groups in total. The van der Waals surface area contributed by atoms with Crippen LogP contribution in [0, 0.1) is 11.8 Å². The molecule has 4 nitrogen and oxygen atoms in total. The summed E-state index contributed by atoms with van der Waals surface area (Å²) in [7, 11) is 0. The Hall–Kier alpha value is -1.84. The zero-order chi connectivity index (χ0) is 16.0. The minimum absolute atomic E-state index is 0.0203. The number of hydrogen-bond donors (Lipinski definition) is 1. The molecule has 0 spiro atoms. The number of hydrogen-bond acceptors (Lipinski definition) is 3. The van der Waals surface area contributed by atoms with Gasteiger partial charge in [0.15, 0.2) is 5.78 Å². The molecule has 0 fully saturated rings. The molecule has 0 heterocycles. The van der Waals surface area contributed by atoms with Crippen LogP contribution in [0.15, 0.2) is 24.3 Å². The summed E-state index contributed by atoms with van der Waals surface area (Å²) in [6.45, 7) is 8.77. The van der Waals surface area contributed by atoms with Crippen molar-refractivity contribution in [2.24, 2.45) is 11.8 Å². The predicted molar refractivity (Wildman–Crippen MR) is 84.9 cm³/mol. The Balaban J connectivity index is 2.96. The van der Waals surface area contributed by atoms with Crippen molar-refractivity contribution in [1.82, 2.24) is 0 Å². The first-order chi connectivity index (χ1) is 9.81. The average molecular weight is 291 g/mol. The third-order valence-corrected chi connectivity index (χ3v) is 3.51. The monoisotopic (exact) mass is 291 g/mol. The van der Waals surface area contributed by atoms with E-state index in [1.165, 1.54) is 6.92 Å². The van der Waals surface area contributed by atoms with Gasteiger partial charge < -0.3 is 10.0 Å². The molecule has 1 rings (SSSR count). The second kappa shape index (κ2) is 7.81. The molecule has 0 aliphatic rings. The van der Waals surface area contributed by atoms with Crippen LogP contribution in [0.2, 0.25) is 0 Å². The molecular formula is C17H25NO3. The lowest BCUT2D eigenvalue weighted by atomic mass is 10.1. The van der Waals surface area contributed by atoms with Gasteiger partial charge in [-0.25, -0.2) is 0 Å². The summed E-state index contributed by atoms with van der Waals surface area (Å²) < 4.78 is 0. The molecule has 0 radical (unpaired) electrons. The van der Waals surface area contributed by atoms with E-state index in [1.54, 1.807) is 13.0 Å². The molecule has 1 unspecified atom stereocenters. The lowest BCUT2D eigenvalue weighted by molar-refractivity contribution is -0.140. The first-order valence-electron chi connectivity index (χ1n) is 7.40. The number of carboxylic acids is 1. The molecule has 0 saturated heterocycles. The van der Waals surface area contributed by atoms with Crippen LogP contribution in [0.5, 0.6) is 0 Å². The Bertz CT molecular complexity index is 497. The van der Waals surface area contributed by atoms with Crippen LogP contribution in [-0.4, -0.2) is 29.9 Å². The van der Waals surface area contributed by atoms with Crippen LogP contribution in [-0.2, 0) is 4.79 Å². The van der Waals surface area contributed by atoms with Gasteiger partial charge in [-0.15, -0.1) is 0 Å². The van der Waals surface area contributed by atoms with Crippen LogP contribution in [0.4, 0.5) is 5.69 Å². The van der Waals surface area contributed by atoms with Gasteiger partial charge >= 0.3 is 5.97 Å². The van der Waals surface area contributed by atoms with Crippen molar-refractivity contribution in [3.8, 4) is 0 Å². The van der Waals surface area contributed by atoms with E-state index in [9.17, 15) is 9.59 Å². The van der Waals surface area contributed by atoms with E-state index in [0.29, 0.717) is 18.0 Å². The normalized spacial score (nSPS) is 12.2. The van der Waals surface area contributed by atoms with E-state index in [-0.39, 0.29) is 5.78 Å². The third kappa shape index (κ3) is 5.58. The number of nitrogens with zero attached hydrogens (tertiary/aromatic N) is 1. The molecule has 21 heavy (non-hydrogen) atoms. The number of benzene rings is 1. The molecule has 1 atom stereocenters. The number of aliphatic carboxylic acids is 1. The van der Waals surface area contributed by atoms with Crippen molar-refractivity contribution in [2.45, 2.75) is 34.1 Å². The molecule has 0 aliphatic carbocycles. The Morgan fingerprint density at radius 3 is 2.43 bits per heavy atom. The standard InChI is InChI=1S/C17H25NO3/c1-12(2)8-9-18(11-13(3)17(20)21)16-7-5-6-15(10-16)14(4)19/h5-7,10,12-13H,8-9,11H2,1-4H3,(H,20,21). The molecule has 1 aromatic rings. The summed E-state index contributed by atoms with van der Waals surface area (Å²) in [6.07, 6.45) is 0.983. The zero-order valence-corrected chi connectivity index (χ0v) is 13.3. The lowest BCUT2D eigenvalue weighted by Gasteiger charge is -2.27. The van der Waals surface area contributed by atoms with Gasteiger partial charge in [0.2, 0.25) is 0 Å². The summed E-state index contributed by atoms with van der Waals surface area (Å²) in [5.74, 6) is -0.680. The number of ketones is 1. The quantitative estimate of drug-likeness (QED) is 0.745. The minimum atomic E-state index is -0.799. The SMILES string of the molecule is CC(=O)c1cccc(N(CCC(C)C)CC(C)C(=O)O)c1. The van der Waals surface area contributed by atoms with E-state index in [1.807, 2.05) is 18.2 Å². The molecule has 0 amide bonds. The Labute approximate surface area is 126 Å². The van der Waals surface area contributed by atoms with Gasteiger partial charge in [0.1, 0.15) is 0 Å². The first kappa shape index (κ1) is 17.2. The zero-order valence-electron chi connectivity index (χ0n) is 13.3. The predicted octanol–water partition coefficient (Wildman–Crippen LogP) is 3.46. The first-order valence-corrected chi connectivity index (χ1v) is 7.40. The van der Waals surface area contributed by atoms with E-state index in [4.69, 9.17) is 5.11 Å². The summed E-state index contributed by atoms with van der Waals surface area (Å²) in [5.41, 5.74) is 1.57. The highest BCUT2D eigenvalue weighted by Gasteiger charge is 2.17. The maximum atomic E-state index is 11.5. The summed E-state index contributed by atoms with van der Waals surface area (Å²) in [4.78, 5) is 24.7. The molecule has 116 valence electrons. The number of Topliss-reactive ketones (excluding diaryl/α,β-unsaturated/α-hetero) is 1. The molecule has 0 aromatic heterocycles. The minimum Gasteiger partial charge on any atom is -0.481 e. The largest absolute Gasteiger partial charge is 0.481 e. The van der Waals surface area contributed by atoms with E-state index < -0.39 is 11.9 Å². The number of rotatable bonds is 8. The van der Waals surface area contributed by atoms with Crippen molar-refractivity contribution in [2.75, 3.05) is 18.0 Å². The highest BCUT2D eigenvalue weighted by Crippen LogP contribution is 2.19. The molecule has 0 saturated carbocycles. The molecule has 0 bridgehead atoms. The fourth-order valence-electron chi connectivity index (χ4n) is 2.07. The van der Waals surface area contributed by atoms with Gasteiger partial charge in [0.25, 0.3) is 0 Å². The summed E-state index contributed by atoms with van der Waals surface area (Å²) >= 11 is 0. The van der Waals surface area contributed by atoms with Crippen LogP contribution in [0.3, 0.4) is 0 Å². The number of anilines is 1. The van der Waals surface area contributed by atoms with Gasteiger partial charge in [-0.3, -0.25) is 9.59 Å². The van der Waals surface area contributed by atoms with E-state index in [2.05, 4.69) is 18.7 Å². The smallest absolute Gasteiger partial charge is 0.308 e. The van der Waals surface area contributed by atoms with E-state index in [0.717, 1.165) is 18.7 Å². The second-order valence-electron chi connectivity index (χ2n) is 5.97. The van der Waals surface area contributed by atoms with Crippen LogP contribution < -0.4 is 4.90 Å². The van der Waals surface area contributed by atoms with Crippen molar-refractivity contribution in [3.05, 3.63) is 29.8 Å². The van der Waals surface area contributed by atoms with Gasteiger partial charge in [0.05, 0.1) is 5.92 Å².